The summed E-state index contributed by atoms with van der Waals surface area (Å²) < 4.78 is 45.0. The molecule has 3 N–H and O–H groups in total. The van der Waals surface area contributed by atoms with Crippen LogP contribution < -0.4 is 11.1 Å². The Morgan fingerprint density at radius 3 is 2.52 bits per heavy atom. The summed E-state index contributed by atoms with van der Waals surface area (Å²) in [5, 5.41) is 2.37. The zero-order valence-electron chi connectivity index (χ0n) is 10.9. The van der Waals surface area contributed by atoms with Crippen molar-refractivity contribution in [2.24, 2.45) is 0 Å². The zero-order chi connectivity index (χ0) is 15.6. The van der Waals surface area contributed by atoms with Crippen molar-refractivity contribution in [2.75, 3.05) is 18.2 Å². The summed E-state index contributed by atoms with van der Waals surface area (Å²) in [6, 6.07) is 5.38. The molecule has 0 atom stereocenters. The predicted octanol–water partition coefficient (Wildman–Crippen LogP) is 3.22. The summed E-state index contributed by atoms with van der Waals surface area (Å²) in [7, 11) is 1.14. The minimum Gasteiger partial charge on any atom is -0.465 e. The first-order valence-corrected chi connectivity index (χ1v) is 5.82. The number of hydrogen-bond donors (Lipinski definition) is 2. The molecule has 21 heavy (non-hydrogen) atoms. The molecule has 0 bridgehead atoms. The van der Waals surface area contributed by atoms with Gasteiger partial charge in [-0.05, 0) is 24.3 Å². The molecule has 0 aliphatic rings. The number of anilines is 3. The highest BCUT2D eigenvalue weighted by Gasteiger charge is 2.16. The summed E-state index contributed by atoms with van der Waals surface area (Å²) in [4.78, 5) is 11.5. The lowest BCUT2D eigenvalue weighted by atomic mass is 10.1. The number of ether oxygens (including phenoxy) is 1. The van der Waals surface area contributed by atoms with Crippen molar-refractivity contribution in [3.63, 3.8) is 0 Å². The summed E-state index contributed by atoms with van der Waals surface area (Å²) in [6.45, 7) is 0. The fourth-order valence-electron chi connectivity index (χ4n) is 1.72. The number of carbonyl (C=O) groups is 1. The fraction of sp³-hybridized carbons (Fsp3) is 0.0714. The van der Waals surface area contributed by atoms with Crippen LogP contribution >= 0.6 is 0 Å². The number of carbonyl (C=O) groups excluding carboxylic acids is 1. The van der Waals surface area contributed by atoms with Gasteiger partial charge in [0.25, 0.3) is 0 Å². The first-order chi connectivity index (χ1) is 9.93. The van der Waals surface area contributed by atoms with Crippen LogP contribution in [0.3, 0.4) is 0 Å². The van der Waals surface area contributed by atoms with Gasteiger partial charge in [-0.25, -0.2) is 18.0 Å². The molecule has 0 amide bonds. The van der Waals surface area contributed by atoms with E-state index in [1.54, 1.807) is 0 Å². The molecule has 4 nitrogen and oxygen atoms in total. The molecule has 2 aromatic carbocycles. The molecule has 0 spiro atoms. The molecule has 0 aliphatic carbocycles. The molecule has 0 saturated carbocycles. The summed E-state index contributed by atoms with van der Waals surface area (Å²) in [5.74, 6) is -3.82. The number of rotatable bonds is 3. The highest BCUT2D eigenvalue weighted by molar-refractivity contribution is 5.96. The quantitative estimate of drug-likeness (QED) is 0.674. The van der Waals surface area contributed by atoms with Crippen LogP contribution in [0.25, 0.3) is 0 Å². The Bertz CT molecular complexity index is 705. The van der Waals surface area contributed by atoms with Crippen LogP contribution in [0.15, 0.2) is 30.3 Å². The third-order valence-electron chi connectivity index (χ3n) is 2.77. The smallest absolute Gasteiger partial charge is 0.340 e. The molecule has 0 aliphatic heterocycles. The molecule has 0 saturated heterocycles. The van der Waals surface area contributed by atoms with Crippen molar-refractivity contribution in [1.29, 1.82) is 0 Å². The minimum absolute atomic E-state index is 0.0850. The van der Waals surface area contributed by atoms with E-state index in [0.29, 0.717) is 0 Å². The predicted molar refractivity (Wildman–Crippen MR) is 71.8 cm³/mol. The van der Waals surface area contributed by atoms with Gasteiger partial charge >= 0.3 is 5.97 Å². The van der Waals surface area contributed by atoms with Gasteiger partial charge in [0, 0.05) is 5.69 Å². The van der Waals surface area contributed by atoms with Crippen molar-refractivity contribution < 1.29 is 22.7 Å². The lowest BCUT2D eigenvalue weighted by Crippen LogP contribution is -2.08. The van der Waals surface area contributed by atoms with Crippen molar-refractivity contribution in [3.05, 3.63) is 53.3 Å². The fourth-order valence-corrected chi connectivity index (χ4v) is 1.72. The normalized spacial score (nSPS) is 10.3. The number of hydrogen-bond acceptors (Lipinski definition) is 4. The maximum absolute atomic E-state index is 13.8. The van der Waals surface area contributed by atoms with Gasteiger partial charge in [0.2, 0.25) is 0 Å². The number of methoxy groups -OCH3 is 1. The molecule has 2 aromatic rings. The largest absolute Gasteiger partial charge is 0.465 e. The Kier molecular flexibility index (Phi) is 4.02. The molecular weight excluding hydrogens is 285 g/mol. The first kappa shape index (κ1) is 14.7. The Labute approximate surface area is 118 Å². The first-order valence-electron chi connectivity index (χ1n) is 5.82. The molecule has 2 rings (SSSR count). The number of benzene rings is 2. The van der Waals surface area contributed by atoms with E-state index in [1.807, 2.05) is 0 Å². The number of nitrogens with two attached hydrogens (primary N) is 1. The van der Waals surface area contributed by atoms with Gasteiger partial charge in [-0.1, -0.05) is 6.07 Å². The summed E-state index contributed by atoms with van der Waals surface area (Å²) >= 11 is 0. The lowest BCUT2D eigenvalue weighted by molar-refractivity contribution is 0.0602. The minimum atomic E-state index is -1.16. The third kappa shape index (κ3) is 2.91. The second-order valence-corrected chi connectivity index (χ2v) is 4.14. The van der Waals surface area contributed by atoms with Crippen LogP contribution in [-0.4, -0.2) is 13.1 Å². The van der Waals surface area contributed by atoms with Gasteiger partial charge in [-0.15, -0.1) is 0 Å². The Hall–Kier alpha value is -2.70. The number of esters is 1. The second kappa shape index (κ2) is 5.74. The van der Waals surface area contributed by atoms with Crippen molar-refractivity contribution in [2.45, 2.75) is 0 Å². The molecular formula is C14H11F3N2O2. The molecule has 7 heteroatoms. The van der Waals surface area contributed by atoms with Crippen molar-refractivity contribution >= 4 is 23.0 Å². The van der Waals surface area contributed by atoms with E-state index in [9.17, 15) is 18.0 Å². The van der Waals surface area contributed by atoms with Gasteiger partial charge in [-0.3, -0.25) is 0 Å². The van der Waals surface area contributed by atoms with Crippen LogP contribution in [-0.2, 0) is 4.74 Å². The third-order valence-corrected chi connectivity index (χ3v) is 2.77. The Morgan fingerprint density at radius 1 is 1.14 bits per heavy atom. The highest BCUT2D eigenvalue weighted by Crippen LogP contribution is 2.27. The maximum Gasteiger partial charge on any atom is 0.340 e. The summed E-state index contributed by atoms with van der Waals surface area (Å²) in [6.07, 6.45) is 0. The van der Waals surface area contributed by atoms with Crippen LogP contribution in [0.4, 0.5) is 30.2 Å². The van der Waals surface area contributed by atoms with Crippen LogP contribution in [0.2, 0.25) is 0 Å². The van der Waals surface area contributed by atoms with Gasteiger partial charge in [0.15, 0.2) is 11.6 Å². The number of halogens is 3. The van der Waals surface area contributed by atoms with Gasteiger partial charge < -0.3 is 15.8 Å². The maximum atomic E-state index is 13.8. The number of nitrogen functional groups attached to an aromatic ring is 1. The number of nitrogens with one attached hydrogen (secondary N) is 1. The van der Waals surface area contributed by atoms with E-state index >= 15 is 0 Å². The molecule has 0 unspecified atom stereocenters. The topological polar surface area (TPSA) is 64.3 Å². The van der Waals surface area contributed by atoms with Gasteiger partial charge in [0.1, 0.15) is 5.82 Å². The van der Waals surface area contributed by atoms with E-state index in [0.717, 1.165) is 25.3 Å². The van der Waals surface area contributed by atoms with E-state index in [1.165, 1.54) is 12.1 Å². The van der Waals surface area contributed by atoms with E-state index in [4.69, 9.17) is 5.73 Å². The average molecular weight is 296 g/mol. The van der Waals surface area contributed by atoms with E-state index in [-0.39, 0.29) is 22.6 Å². The molecule has 0 fully saturated rings. The van der Waals surface area contributed by atoms with Gasteiger partial charge in [0.05, 0.1) is 24.0 Å². The zero-order valence-corrected chi connectivity index (χ0v) is 10.9. The summed E-state index contributed by atoms with van der Waals surface area (Å²) in [5.41, 5.74) is 4.81. The molecule has 0 aromatic heterocycles. The molecule has 110 valence electrons. The van der Waals surface area contributed by atoms with Gasteiger partial charge in [-0.2, -0.15) is 0 Å². The lowest BCUT2D eigenvalue weighted by Gasteiger charge is -2.12. The van der Waals surface area contributed by atoms with Crippen LogP contribution in [0.1, 0.15) is 10.4 Å². The van der Waals surface area contributed by atoms with Crippen LogP contribution in [0, 0.1) is 17.5 Å². The Morgan fingerprint density at radius 2 is 1.86 bits per heavy atom. The molecule has 0 radical (unpaired) electrons. The Balaban J connectivity index is 2.44. The van der Waals surface area contributed by atoms with Crippen molar-refractivity contribution in [3.8, 4) is 0 Å². The standard InChI is InChI=1S/C14H11F3N2O2/c1-21-14(20)7-5-12(9(16)6-10(7)18)19-11-4-2-3-8(15)13(11)17/h2-6,19H,18H2,1H3. The molecule has 0 heterocycles. The SMILES string of the molecule is COC(=O)c1cc(Nc2cccc(F)c2F)c(F)cc1N. The van der Waals surface area contributed by atoms with E-state index < -0.39 is 23.4 Å². The monoisotopic (exact) mass is 296 g/mol. The van der Waals surface area contributed by atoms with Crippen LogP contribution in [0.5, 0.6) is 0 Å². The second-order valence-electron chi connectivity index (χ2n) is 4.14. The average Bonchev–Trinajstić information content (AvgIpc) is 2.45. The highest BCUT2D eigenvalue weighted by atomic mass is 19.2. The van der Waals surface area contributed by atoms with E-state index in [2.05, 4.69) is 10.1 Å². The van der Waals surface area contributed by atoms with Crippen molar-refractivity contribution in [1.82, 2.24) is 0 Å².